The maximum atomic E-state index is 12.0. The Labute approximate surface area is 148 Å². The Hall–Kier alpha value is -2.53. The van der Waals surface area contributed by atoms with Crippen molar-refractivity contribution in [3.63, 3.8) is 0 Å². The first-order valence-electron chi connectivity index (χ1n) is 8.69. The van der Waals surface area contributed by atoms with Crippen molar-refractivity contribution in [2.45, 2.75) is 13.0 Å². The smallest absolute Gasteiger partial charge is 0.410 e. The molecule has 5 heteroatoms. The van der Waals surface area contributed by atoms with E-state index in [2.05, 4.69) is 17.4 Å². The van der Waals surface area contributed by atoms with Gasteiger partial charge in [0.15, 0.2) is 0 Å². The van der Waals surface area contributed by atoms with Gasteiger partial charge in [0.25, 0.3) is 0 Å². The van der Waals surface area contributed by atoms with Crippen molar-refractivity contribution in [2.24, 2.45) is 0 Å². The SMILES string of the molecule is O=C(OCc1cccc(OCCc2ccccc2)c1)N1CCNCC1. The molecule has 0 spiro atoms. The molecule has 1 aliphatic rings. The van der Waals surface area contributed by atoms with Gasteiger partial charge in [0.2, 0.25) is 0 Å². The third-order valence-corrected chi connectivity index (χ3v) is 4.14. The molecule has 0 bridgehead atoms. The van der Waals surface area contributed by atoms with Crippen LogP contribution >= 0.6 is 0 Å². The Kier molecular flexibility index (Phi) is 6.29. The van der Waals surface area contributed by atoms with Gasteiger partial charge in [-0.3, -0.25) is 0 Å². The number of piperazine rings is 1. The first-order valence-corrected chi connectivity index (χ1v) is 8.69. The monoisotopic (exact) mass is 340 g/mol. The van der Waals surface area contributed by atoms with Crippen molar-refractivity contribution >= 4 is 6.09 Å². The minimum absolute atomic E-state index is 0.253. The quantitative estimate of drug-likeness (QED) is 0.878. The largest absolute Gasteiger partial charge is 0.493 e. The molecular formula is C20H24N2O3. The summed E-state index contributed by atoms with van der Waals surface area (Å²) in [5, 5.41) is 3.22. The van der Waals surface area contributed by atoms with Crippen LogP contribution in [0.3, 0.4) is 0 Å². The van der Waals surface area contributed by atoms with Crippen LogP contribution in [0.25, 0.3) is 0 Å². The lowest BCUT2D eigenvalue weighted by Crippen LogP contribution is -2.46. The summed E-state index contributed by atoms with van der Waals surface area (Å²) in [6.45, 7) is 3.91. The van der Waals surface area contributed by atoms with Crippen LogP contribution < -0.4 is 10.1 Å². The average molecular weight is 340 g/mol. The molecule has 132 valence electrons. The van der Waals surface area contributed by atoms with Gasteiger partial charge in [-0.15, -0.1) is 0 Å². The van der Waals surface area contributed by atoms with Crippen LogP contribution in [-0.4, -0.2) is 43.8 Å². The van der Waals surface area contributed by atoms with Gasteiger partial charge in [0, 0.05) is 32.6 Å². The summed E-state index contributed by atoms with van der Waals surface area (Å²) >= 11 is 0. The predicted molar refractivity (Wildman–Crippen MR) is 96.7 cm³/mol. The van der Waals surface area contributed by atoms with Gasteiger partial charge in [0.05, 0.1) is 6.61 Å². The lowest BCUT2D eigenvalue weighted by molar-refractivity contribution is 0.0917. The van der Waals surface area contributed by atoms with Gasteiger partial charge in [-0.2, -0.15) is 0 Å². The number of ether oxygens (including phenoxy) is 2. The topological polar surface area (TPSA) is 50.8 Å². The number of nitrogens with one attached hydrogen (secondary N) is 1. The first-order chi connectivity index (χ1) is 12.3. The molecule has 1 heterocycles. The normalized spacial score (nSPS) is 14.2. The van der Waals surface area contributed by atoms with Crippen LogP contribution in [0.1, 0.15) is 11.1 Å². The van der Waals surface area contributed by atoms with Gasteiger partial charge >= 0.3 is 6.09 Å². The molecule has 0 radical (unpaired) electrons. The summed E-state index contributed by atoms with van der Waals surface area (Å²) < 4.78 is 11.2. The molecule has 2 aromatic carbocycles. The maximum Gasteiger partial charge on any atom is 0.410 e. The minimum atomic E-state index is -0.253. The highest BCUT2D eigenvalue weighted by Crippen LogP contribution is 2.15. The number of hydrogen-bond acceptors (Lipinski definition) is 4. The second-order valence-electron chi connectivity index (χ2n) is 6.02. The van der Waals surface area contributed by atoms with Gasteiger partial charge < -0.3 is 19.7 Å². The fraction of sp³-hybridized carbons (Fsp3) is 0.350. The van der Waals surface area contributed by atoms with Crippen LogP contribution in [0, 0.1) is 0 Å². The molecule has 2 aromatic rings. The van der Waals surface area contributed by atoms with Crippen molar-refractivity contribution in [3.8, 4) is 5.75 Å². The van der Waals surface area contributed by atoms with Crippen molar-refractivity contribution in [1.82, 2.24) is 10.2 Å². The zero-order valence-corrected chi connectivity index (χ0v) is 14.3. The van der Waals surface area contributed by atoms with E-state index in [1.807, 2.05) is 42.5 Å². The van der Waals surface area contributed by atoms with Gasteiger partial charge in [-0.05, 0) is 23.3 Å². The number of amides is 1. The van der Waals surface area contributed by atoms with Gasteiger partial charge in [-0.1, -0.05) is 42.5 Å². The standard InChI is InChI=1S/C20H24N2O3/c23-20(22-12-10-21-11-13-22)25-16-18-7-4-8-19(15-18)24-14-9-17-5-2-1-3-6-17/h1-8,15,21H,9-14,16H2. The number of carbonyl (C=O) groups excluding carboxylic acids is 1. The minimum Gasteiger partial charge on any atom is -0.493 e. The fourth-order valence-corrected chi connectivity index (χ4v) is 2.74. The molecule has 0 aliphatic carbocycles. The molecule has 3 rings (SSSR count). The maximum absolute atomic E-state index is 12.0. The van der Waals surface area contributed by atoms with Crippen LogP contribution in [0.2, 0.25) is 0 Å². The van der Waals surface area contributed by atoms with Crippen LogP contribution in [0.4, 0.5) is 4.79 Å². The molecule has 0 atom stereocenters. The van der Waals surface area contributed by atoms with E-state index in [-0.39, 0.29) is 12.7 Å². The molecule has 0 unspecified atom stereocenters. The van der Waals surface area contributed by atoms with E-state index in [4.69, 9.17) is 9.47 Å². The summed E-state index contributed by atoms with van der Waals surface area (Å²) in [4.78, 5) is 13.8. The van der Waals surface area contributed by atoms with E-state index in [1.165, 1.54) is 5.56 Å². The Morgan fingerprint density at radius 3 is 2.56 bits per heavy atom. The number of benzene rings is 2. The van der Waals surface area contributed by atoms with E-state index in [0.29, 0.717) is 19.7 Å². The molecule has 1 amide bonds. The van der Waals surface area contributed by atoms with E-state index in [9.17, 15) is 4.79 Å². The summed E-state index contributed by atoms with van der Waals surface area (Å²) in [6.07, 6.45) is 0.611. The molecule has 25 heavy (non-hydrogen) atoms. The molecule has 0 aromatic heterocycles. The summed E-state index contributed by atoms with van der Waals surface area (Å²) in [6, 6.07) is 18.0. The van der Waals surface area contributed by atoms with Crippen LogP contribution in [0.15, 0.2) is 54.6 Å². The zero-order valence-electron chi connectivity index (χ0n) is 14.3. The zero-order chi connectivity index (χ0) is 17.3. The highest BCUT2D eigenvalue weighted by Gasteiger charge is 2.17. The number of nitrogens with zero attached hydrogens (tertiary/aromatic N) is 1. The first kappa shape index (κ1) is 17.3. The fourth-order valence-electron chi connectivity index (χ4n) is 2.74. The molecule has 0 saturated carbocycles. The highest BCUT2D eigenvalue weighted by molar-refractivity contribution is 5.67. The highest BCUT2D eigenvalue weighted by atomic mass is 16.6. The molecule has 5 nitrogen and oxygen atoms in total. The number of carbonyl (C=O) groups is 1. The Bertz CT molecular complexity index is 670. The molecular weight excluding hydrogens is 316 g/mol. The molecule has 1 N–H and O–H groups in total. The molecule has 1 saturated heterocycles. The van der Waals surface area contributed by atoms with Crippen molar-refractivity contribution in [2.75, 3.05) is 32.8 Å². The molecule has 1 fully saturated rings. The third kappa shape index (κ3) is 5.50. The van der Waals surface area contributed by atoms with Gasteiger partial charge in [0.1, 0.15) is 12.4 Å². The lowest BCUT2D eigenvalue weighted by atomic mass is 10.2. The summed E-state index contributed by atoms with van der Waals surface area (Å²) in [5.74, 6) is 0.798. The van der Waals surface area contributed by atoms with E-state index in [1.54, 1.807) is 4.90 Å². The van der Waals surface area contributed by atoms with E-state index < -0.39 is 0 Å². The second kappa shape index (κ2) is 9.08. The lowest BCUT2D eigenvalue weighted by Gasteiger charge is -2.26. The van der Waals surface area contributed by atoms with Crippen molar-refractivity contribution in [1.29, 1.82) is 0 Å². The van der Waals surface area contributed by atoms with Crippen molar-refractivity contribution in [3.05, 3.63) is 65.7 Å². The Balaban J connectivity index is 1.45. The van der Waals surface area contributed by atoms with Crippen LogP contribution in [-0.2, 0) is 17.8 Å². The van der Waals surface area contributed by atoms with E-state index >= 15 is 0 Å². The molecule has 1 aliphatic heterocycles. The van der Waals surface area contributed by atoms with E-state index in [0.717, 1.165) is 30.8 Å². The van der Waals surface area contributed by atoms with Gasteiger partial charge in [-0.25, -0.2) is 4.79 Å². The van der Waals surface area contributed by atoms with Crippen LogP contribution in [0.5, 0.6) is 5.75 Å². The third-order valence-electron chi connectivity index (χ3n) is 4.14. The Morgan fingerprint density at radius 2 is 1.76 bits per heavy atom. The average Bonchev–Trinajstić information content (AvgIpc) is 2.68. The van der Waals surface area contributed by atoms with Crippen molar-refractivity contribution < 1.29 is 14.3 Å². The second-order valence-corrected chi connectivity index (χ2v) is 6.02. The number of rotatable bonds is 6. The predicted octanol–water partition coefficient (Wildman–Crippen LogP) is 2.85. The Morgan fingerprint density at radius 1 is 1.00 bits per heavy atom. The number of hydrogen-bond donors (Lipinski definition) is 1. The summed E-state index contributed by atoms with van der Waals surface area (Å²) in [7, 11) is 0. The summed E-state index contributed by atoms with van der Waals surface area (Å²) in [5.41, 5.74) is 2.18.